The lowest BCUT2D eigenvalue weighted by Gasteiger charge is -2.14. The molecule has 12 aromatic rings. The normalized spacial score (nSPS) is 11.7. The molecule has 0 fully saturated rings. The number of aromatic nitrogens is 7. The van der Waals surface area contributed by atoms with Crippen molar-refractivity contribution in [1.82, 2.24) is 34.1 Å². The maximum atomic E-state index is 6.53. The molecule has 0 N–H and O–H groups in total. The summed E-state index contributed by atoms with van der Waals surface area (Å²) in [6.45, 7) is 0. The van der Waals surface area contributed by atoms with Crippen molar-refractivity contribution in [2.45, 2.75) is 0 Å². The summed E-state index contributed by atoms with van der Waals surface area (Å²) in [5, 5.41) is 4.47. The molecule has 12 rings (SSSR count). The van der Waals surface area contributed by atoms with Crippen molar-refractivity contribution < 1.29 is 4.42 Å². The van der Waals surface area contributed by atoms with Crippen molar-refractivity contribution in [3.63, 3.8) is 0 Å². The lowest BCUT2D eigenvalue weighted by atomic mass is 10.1. The quantitative estimate of drug-likeness (QED) is 0.168. The van der Waals surface area contributed by atoms with E-state index in [1.807, 2.05) is 103 Å². The van der Waals surface area contributed by atoms with Crippen LogP contribution in [-0.4, -0.2) is 34.1 Å². The van der Waals surface area contributed by atoms with Crippen LogP contribution in [0.25, 0.3) is 112 Å². The lowest BCUT2D eigenvalue weighted by molar-refractivity contribution is 0.620. The van der Waals surface area contributed by atoms with Crippen LogP contribution in [0.5, 0.6) is 0 Å². The number of nitrogens with zero attached hydrogens (tertiary/aromatic N) is 7. The van der Waals surface area contributed by atoms with Gasteiger partial charge in [-0.05, 0) is 71.8 Å². The summed E-state index contributed by atoms with van der Waals surface area (Å²) < 4.78 is 11.1. The number of para-hydroxylation sites is 3. The maximum absolute atomic E-state index is 6.53. The van der Waals surface area contributed by atoms with E-state index < -0.39 is 0 Å². The van der Waals surface area contributed by atoms with Crippen LogP contribution in [-0.2, 0) is 0 Å². The zero-order valence-electron chi connectivity index (χ0n) is 31.4. The molecule has 0 radical (unpaired) electrons. The molecule has 8 heteroatoms. The Bertz CT molecular complexity index is 3550. The maximum Gasteiger partial charge on any atom is 0.238 e. The van der Waals surface area contributed by atoms with Gasteiger partial charge in [-0.3, -0.25) is 9.55 Å². The van der Waals surface area contributed by atoms with E-state index in [1.165, 1.54) is 0 Å². The highest BCUT2D eigenvalue weighted by Gasteiger charge is 2.24. The summed E-state index contributed by atoms with van der Waals surface area (Å²) in [5.74, 6) is 2.07. The van der Waals surface area contributed by atoms with Gasteiger partial charge in [0.15, 0.2) is 17.2 Å². The van der Waals surface area contributed by atoms with Gasteiger partial charge in [0.25, 0.3) is 0 Å². The Balaban J connectivity index is 1.18. The van der Waals surface area contributed by atoms with Crippen LogP contribution in [0.4, 0.5) is 0 Å². The molecule has 0 bridgehead atoms. The van der Waals surface area contributed by atoms with Crippen molar-refractivity contribution >= 4 is 54.7 Å². The zero-order chi connectivity index (χ0) is 38.9. The summed E-state index contributed by atoms with van der Waals surface area (Å²) in [6, 6.07) is 60.3. The molecule has 0 unspecified atom stereocenters. The molecule has 276 valence electrons. The summed E-state index contributed by atoms with van der Waals surface area (Å²) in [5.41, 5.74) is 11.2. The molecule has 59 heavy (non-hydrogen) atoms. The Morgan fingerprint density at radius 2 is 1.02 bits per heavy atom. The minimum Gasteiger partial charge on any atom is -0.435 e. The van der Waals surface area contributed by atoms with E-state index in [-0.39, 0.29) is 0 Å². The molecule has 0 aliphatic carbocycles. The van der Waals surface area contributed by atoms with Gasteiger partial charge in [-0.1, -0.05) is 115 Å². The molecule has 0 amide bonds. The van der Waals surface area contributed by atoms with Crippen LogP contribution in [0.15, 0.2) is 193 Å². The number of oxazole rings is 1. The van der Waals surface area contributed by atoms with Gasteiger partial charge in [-0.25, -0.2) is 9.97 Å². The van der Waals surface area contributed by atoms with E-state index in [1.54, 1.807) is 0 Å². The molecule has 0 atom stereocenters. The minimum atomic E-state index is 0.485. The topological polar surface area (TPSA) is 87.5 Å². The fourth-order valence-electron chi connectivity index (χ4n) is 8.48. The van der Waals surface area contributed by atoms with Crippen LogP contribution in [0.3, 0.4) is 0 Å². The highest BCUT2D eigenvalue weighted by atomic mass is 16.3. The monoisotopic (exact) mass is 757 g/mol. The predicted molar refractivity (Wildman–Crippen MR) is 236 cm³/mol. The van der Waals surface area contributed by atoms with E-state index in [9.17, 15) is 0 Å². The van der Waals surface area contributed by atoms with Crippen LogP contribution >= 0.6 is 0 Å². The fourth-order valence-corrected chi connectivity index (χ4v) is 8.48. The molecule has 8 nitrogen and oxygen atoms in total. The van der Waals surface area contributed by atoms with Gasteiger partial charge in [-0.15, -0.1) is 0 Å². The van der Waals surface area contributed by atoms with Crippen molar-refractivity contribution in [3.05, 3.63) is 188 Å². The molecule has 0 saturated carbocycles. The van der Waals surface area contributed by atoms with Crippen molar-refractivity contribution in [3.8, 4) is 57.0 Å². The van der Waals surface area contributed by atoms with Crippen molar-refractivity contribution in [1.29, 1.82) is 0 Å². The highest BCUT2D eigenvalue weighted by Crippen LogP contribution is 2.42. The number of hydrogen-bond acceptors (Lipinski definition) is 6. The van der Waals surface area contributed by atoms with Crippen LogP contribution in [0, 0.1) is 0 Å². The van der Waals surface area contributed by atoms with Gasteiger partial charge in [0.1, 0.15) is 5.52 Å². The smallest absolute Gasteiger partial charge is 0.238 e. The molecule has 0 aliphatic heterocycles. The van der Waals surface area contributed by atoms with Gasteiger partial charge in [-0.2, -0.15) is 9.97 Å². The Hall–Kier alpha value is -8.23. The lowest BCUT2D eigenvalue weighted by Crippen LogP contribution is -2.07. The number of fused-ring (bicyclic) bond motifs is 8. The standard InChI is InChI=1S/C51H31N7O/c1-3-13-33(14-4-1)48-54-49(41-21-12-22-42-47(41)59-50(53-42)34-15-5-2-6-16-34)56-51(55-48)58-44-24-10-8-20-38(44)40-26-25-39-37-19-7-9-23-43(37)57(45(39)46(40)58)36-18-11-17-35(31-36)32-27-29-52-30-28-32/h1-31H. The second kappa shape index (κ2) is 13.2. The van der Waals surface area contributed by atoms with Gasteiger partial charge in [0.2, 0.25) is 11.8 Å². The number of hydrogen-bond donors (Lipinski definition) is 0. The predicted octanol–water partition coefficient (Wildman–Crippen LogP) is 12.3. The van der Waals surface area contributed by atoms with Gasteiger partial charge in [0.05, 0.1) is 27.6 Å². The Labute approximate surface area is 337 Å². The van der Waals surface area contributed by atoms with E-state index in [2.05, 4.69) is 99.0 Å². The third-order valence-corrected chi connectivity index (χ3v) is 11.1. The first-order chi connectivity index (χ1) is 29.3. The Morgan fingerprint density at radius 3 is 1.76 bits per heavy atom. The average Bonchev–Trinajstić information content (AvgIpc) is 4.00. The zero-order valence-corrected chi connectivity index (χ0v) is 31.4. The Morgan fingerprint density at radius 1 is 0.407 bits per heavy atom. The summed E-state index contributed by atoms with van der Waals surface area (Å²) in [7, 11) is 0. The van der Waals surface area contributed by atoms with Crippen molar-refractivity contribution in [2.24, 2.45) is 0 Å². The number of pyridine rings is 1. The average molecular weight is 758 g/mol. The van der Waals surface area contributed by atoms with Crippen LogP contribution < -0.4 is 0 Å². The summed E-state index contributed by atoms with van der Waals surface area (Å²) in [4.78, 5) is 24.9. The molecular formula is C51H31N7O. The summed E-state index contributed by atoms with van der Waals surface area (Å²) >= 11 is 0. The molecule has 0 saturated heterocycles. The van der Waals surface area contributed by atoms with Gasteiger partial charge >= 0.3 is 0 Å². The summed E-state index contributed by atoms with van der Waals surface area (Å²) in [6.07, 6.45) is 3.67. The third-order valence-electron chi connectivity index (χ3n) is 11.1. The van der Waals surface area contributed by atoms with Crippen LogP contribution in [0.2, 0.25) is 0 Å². The van der Waals surface area contributed by atoms with E-state index >= 15 is 0 Å². The molecule has 0 spiro atoms. The van der Waals surface area contributed by atoms with E-state index in [4.69, 9.17) is 24.4 Å². The highest BCUT2D eigenvalue weighted by molar-refractivity contribution is 6.23. The molecular weight excluding hydrogens is 727 g/mol. The van der Waals surface area contributed by atoms with Crippen LogP contribution in [0.1, 0.15) is 0 Å². The molecule has 5 heterocycles. The molecule has 7 aromatic carbocycles. The van der Waals surface area contributed by atoms with Gasteiger partial charge < -0.3 is 8.98 Å². The second-order valence-corrected chi connectivity index (χ2v) is 14.5. The molecule has 5 aromatic heterocycles. The van der Waals surface area contributed by atoms with Gasteiger partial charge in [0, 0.05) is 50.8 Å². The number of benzene rings is 7. The first-order valence-electron chi connectivity index (χ1n) is 19.5. The third kappa shape index (κ3) is 5.27. The number of rotatable bonds is 6. The first kappa shape index (κ1) is 33.0. The Kier molecular flexibility index (Phi) is 7.36. The second-order valence-electron chi connectivity index (χ2n) is 14.5. The van der Waals surface area contributed by atoms with E-state index in [0.717, 1.165) is 82.6 Å². The fraction of sp³-hybridized carbons (Fsp3) is 0. The largest absolute Gasteiger partial charge is 0.435 e. The first-order valence-corrected chi connectivity index (χ1v) is 19.5. The SMILES string of the molecule is c1ccc(-c2nc(-c3cccc4nc(-c5ccccc5)oc34)nc(-n3c4ccccc4c4ccc5c6ccccc6n(-c6cccc(-c7ccncc7)c6)c5c43)n2)cc1. The van der Waals surface area contributed by atoms with E-state index in [0.29, 0.717) is 29.1 Å². The van der Waals surface area contributed by atoms with Crippen molar-refractivity contribution in [2.75, 3.05) is 0 Å². The minimum absolute atomic E-state index is 0.485. The molecule has 0 aliphatic rings.